The van der Waals surface area contributed by atoms with Crippen molar-refractivity contribution in [3.05, 3.63) is 53.1 Å². The zero-order chi connectivity index (χ0) is 28.3. The predicted octanol–water partition coefficient (Wildman–Crippen LogP) is 5.24. The number of carbonyl (C=O) groups excluding carboxylic acids is 1. The summed E-state index contributed by atoms with van der Waals surface area (Å²) in [7, 11) is -1.95. The van der Waals surface area contributed by atoms with Crippen LogP contribution < -0.4 is 4.90 Å². The summed E-state index contributed by atoms with van der Waals surface area (Å²) in [5, 5.41) is 0.671. The van der Waals surface area contributed by atoms with Gasteiger partial charge in [-0.25, -0.2) is 13.4 Å². The molecular weight excluding hydrogens is 544 g/mol. The Morgan fingerprint density at radius 3 is 2.48 bits per heavy atom. The Kier molecular flexibility index (Phi) is 9.21. The highest BCUT2D eigenvalue weighted by molar-refractivity contribution is 7.89. The first kappa shape index (κ1) is 29.1. The summed E-state index contributed by atoms with van der Waals surface area (Å²) in [4.78, 5) is 23.1. The van der Waals surface area contributed by atoms with Crippen LogP contribution in [0.2, 0.25) is 0 Å². The first-order valence-corrected chi connectivity index (χ1v) is 16.6. The minimum atomic E-state index is -3.62. The largest absolute Gasteiger partial charge is 0.379 e. The number of benzene rings is 2. The summed E-state index contributed by atoms with van der Waals surface area (Å²) in [6, 6.07) is 10.6. The molecule has 1 aromatic heterocycles. The third-order valence-corrected chi connectivity index (χ3v) is 11.3. The minimum absolute atomic E-state index is 0.0353. The molecular formula is C30H40N4O4S2. The lowest BCUT2D eigenvalue weighted by atomic mass is 9.96. The number of aryl methyl sites for hydroxylation is 2. The van der Waals surface area contributed by atoms with Gasteiger partial charge in [0.15, 0.2) is 5.13 Å². The second kappa shape index (κ2) is 12.7. The molecule has 0 bridgehead atoms. The second-order valence-corrected chi connectivity index (χ2v) is 14.0. The normalized spacial score (nSPS) is 17.5. The highest BCUT2D eigenvalue weighted by atomic mass is 32.2. The summed E-state index contributed by atoms with van der Waals surface area (Å²) in [5.41, 5.74) is 3.65. The summed E-state index contributed by atoms with van der Waals surface area (Å²) >= 11 is 1.53. The number of rotatable bonds is 9. The van der Waals surface area contributed by atoms with Crippen molar-refractivity contribution in [1.82, 2.24) is 14.2 Å². The lowest BCUT2D eigenvalue weighted by Crippen LogP contribution is -2.39. The maximum atomic E-state index is 13.9. The van der Waals surface area contributed by atoms with Gasteiger partial charge >= 0.3 is 0 Å². The number of ether oxygens (including phenoxy) is 1. The third kappa shape index (κ3) is 6.41. The van der Waals surface area contributed by atoms with Gasteiger partial charge in [0.25, 0.3) is 5.91 Å². The van der Waals surface area contributed by atoms with E-state index >= 15 is 0 Å². The van der Waals surface area contributed by atoms with E-state index in [9.17, 15) is 13.2 Å². The number of amides is 1. The highest BCUT2D eigenvalue weighted by Crippen LogP contribution is 2.33. The quantitative estimate of drug-likeness (QED) is 0.342. The zero-order valence-corrected chi connectivity index (χ0v) is 25.4. The van der Waals surface area contributed by atoms with Crippen LogP contribution in [0, 0.1) is 13.8 Å². The molecule has 0 spiro atoms. The monoisotopic (exact) mass is 584 g/mol. The van der Waals surface area contributed by atoms with Crippen LogP contribution in [-0.2, 0) is 14.8 Å². The molecule has 0 N–H and O–H groups in total. The van der Waals surface area contributed by atoms with E-state index in [1.807, 2.05) is 0 Å². The van der Waals surface area contributed by atoms with Crippen LogP contribution in [0.4, 0.5) is 5.13 Å². The van der Waals surface area contributed by atoms with Crippen molar-refractivity contribution in [1.29, 1.82) is 0 Å². The highest BCUT2D eigenvalue weighted by Gasteiger charge is 2.30. The van der Waals surface area contributed by atoms with E-state index in [4.69, 9.17) is 9.72 Å². The van der Waals surface area contributed by atoms with Gasteiger partial charge in [0.05, 0.1) is 28.3 Å². The second-order valence-electron chi connectivity index (χ2n) is 11.0. The van der Waals surface area contributed by atoms with Gasteiger partial charge in [0.1, 0.15) is 0 Å². The van der Waals surface area contributed by atoms with Crippen molar-refractivity contribution in [2.24, 2.45) is 0 Å². The average molecular weight is 585 g/mol. The molecule has 0 radical (unpaired) electrons. The maximum absolute atomic E-state index is 13.9. The van der Waals surface area contributed by atoms with E-state index in [0.29, 0.717) is 17.2 Å². The van der Waals surface area contributed by atoms with Gasteiger partial charge in [0.2, 0.25) is 10.0 Å². The molecule has 10 heteroatoms. The Bertz CT molecular complexity index is 1430. The Labute approximate surface area is 242 Å². The van der Waals surface area contributed by atoms with Crippen molar-refractivity contribution in [3.63, 3.8) is 0 Å². The Balaban J connectivity index is 1.38. The lowest BCUT2D eigenvalue weighted by molar-refractivity contribution is 0.0376. The third-order valence-electron chi connectivity index (χ3n) is 8.11. The summed E-state index contributed by atoms with van der Waals surface area (Å²) < 4.78 is 34.7. The number of nitrogens with zero attached hydrogens (tertiary/aromatic N) is 4. The molecule has 1 amide bonds. The molecule has 2 aromatic carbocycles. The molecule has 3 aromatic rings. The van der Waals surface area contributed by atoms with Gasteiger partial charge in [-0.2, -0.15) is 4.31 Å². The predicted molar refractivity (Wildman–Crippen MR) is 161 cm³/mol. The van der Waals surface area contributed by atoms with Crippen LogP contribution >= 0.6 is 11.3 Å². The van der Waals surface area contributed by atoms with Gasteiger partial charge in [-0.15, -0.1) is 0 Å². The first-order chi connectivity index (χ1) is 19.2. The van der Waals surface area contributed by atoms with E-state index in [1.165, 1.54) is 15.6 Å². The topological polar surface area (TPSA) is 83.0 Å². The number of aromatic nitrogens is 1. The van der Waals surface area contributed by atoms with Crippen molar-refractivity contribution in [3.8, 4) is 0 Å². The summed E-state index contributed by atoms with van der Waals surface area (Å²) in [5.74, 6) is -0.167. The fourth-order valence-corrected chi connectivity index (χ4v) is 8.23. The first-order valence-electron chi connectivity index (χ1n) is 14.3. The fourth-order valence-electron chi connectivity index (χ4n) is 5.77. The van der Waals surface area contributed by atoms with Crippen LogP contribution in [0.5, 0.6) is 0 Å². The maximum Gasteiger partial charge on any atom is 0.260 e. The molecule has 40 heavy (non-hydrogen) atoms. The average Bonchev–Trinajstić information content (AvgIpc) is 3.40. The number of hydrogen-bond donors (Lipinski definition) is 0. The smallest absolute Gasteiger partial charge is 0.260 e. The van der Waals surface area contributed by atoms with Crippen molar-refractivity contribution >= 4 is 42.6 Å². The Morgan fingerprint density at radius 1 is 1.07 bits per heavy atom. The van der Waals surface area contributed by atoms with E-state index in [1.54, 1.807) is 36.2 Å². The summed E-state index contributed by atoms with van der Waals surface area (Å²) in [6.45, 7) is 8.81. The van der Waals surface area contributed by atoms with Gasteiger partial charge in [-0.3, -0.25) is 14.6 Å². The van der Waals surface area contributed by atoms with Crippen LogP contribution in [0.3, 0.4) is 0 Å². The number of sulfonamides is 1. The van der Waals surface area contributed by atoms with E-state index in [-0.39, 0.29) is 16.8 Å². The molecule has 2 fully saturated rings. The van der Waals surface area contributed by atoms with E-state index in [0.717, 1.165) is 92.7 Å². The van der Waals surface area contributed by atoms with Gasteiger partial charge in [-0.1, -0.05) is 36.7 Å². The Morgan fingerprint density at radius 2 is 1.77 bits per heavy atom. The molecule has 8 nitrogen and oxygen atoms in total. The molecule has 5 rings (SSSR count). The molecule has 1 saturated carbocycles. The fraction of sp³-hybridized carbons (Fsp3) is 0.533. The van der Waals surface area contributed by atoms with Gasteiger partial charge in [0, 0.05) is 44.8 Å². The molecule has 1 aliphatic carbocycles. The van der Waals surface area contributed by atoms with E-state index < -0.39 is 10.0 Å². The van der Waals surface area contributed by atoms with Crippen molar-refractivity contribution < 1.29 is 17.9 Å². The molecule has 2 aliphatic rings. The van der Waals surface area contributed by atoms with Crippen LogP contribution in [0.25, 0.3) is 10.2 Å². The number of carbonyl (C=O) groups is 1. The van der Waals surface area contributed by atoms with E-state index in [2.05, 4.69) is 30.9 Å². The molecule has 1 aliphatic heterocycles. The summed E-state index contributed by atoms with van der Waals surface area (Å²) in [6.07, 6.45) is 5.88. The van der Waals surface area contributed by atoms with Gasteiger partial charge in [-0.05, 0) is 74.6 Å². The standard InChI is InChI=1S/C30H40N4O4S2/c1-22-20-23(2)28-27(21-22)31-30(39-28)34(15-7-14-33-16-18-38-19-17-33)29(35)24-10-12-26(13-11-24)40(36,37)32(3)25-8-5-4-6-9-25/h10-13,20-21,25H,4-9,14-19H2,1-3H3. The Hall–Kier alpha value is -2.37. The number of thiazole rings is 1. The number of anilines is 1. The molecule has 2 heterocycles. The van der Waals surface area contributed by atoms with Crippen LogP contribution in [0.1, 0.15) is 60.0 Å². The number of morpholine rings is 1. The number of fused-ring (bicyclic) bond motifs is 1. The minimum Gasteiger partial charge on any atom is -0.379 e. The molecule has 1 saturated heterocycles. The van der Waals surface area contributed by atoms with Crippen molar-refractivity contribution in [2.75, 3.05) is 51.3 Å². The molecule has 0 unspecified atom stereocenters. The number of hydrogen-bond acceptors (Lipinski definition) is 7. The van der Waals surface area contributed by atoms with Crippen LogP contribution in [0.15, 0.2) is 41.3 Å². The lowest BCUT2D eigenvalue weighted by Gasteiger charge is -2.30. The molecule has 0 atom stereocenters. The zero-order valence-electron chi connectivity index (χ0n) is 23.8. The SMILES string of the molecule is Cc1cc(C)c2sc(N(CCCN3CCOCC3)C(=O)c3ccc(S(=O)(=O)N(C)C4CCCCC4)cc3)nc2c1. The molecule has 216 valence electrons. The van der Waals surface area contributed by atoms with Crippen molar-refractivity contribution in [2.45, 2.75) is 63.3 Å². The van der Waals surface area contributed by atoms with Crippen LogP contribution in [-0.4, -0.2) is 81.0 Å². The van der Waals surface area contributed by atoms with Gasteiger partial charge < -0.3 is 4.74 Å².